The SMILES string of the molecule is CCCCCCC(C)OC(=O)c1ccc(COc2ccc(-c3ccc(C)cc3)cc2)cc1. The monoisotopic (exact) mass is 430 g/mol. The van der Waals surface area contributed by atoms with E-state index in [-0.39, 0.29) is 12.1 Å². The van der Waals surface area contributed by atoms with Crippen LogP contribution < -0.4 is 4.74 Å². The number of esters is 1. The van der Waals surface area contributed by atoms with E-state index < -0.39 is 0 Å². The molecule has 3 nitrogen and oxygen atoms in total. The molecule has 3 rings (SSSR count). The van der Waals surface area contributed by atoms with Gasteiger partial charge in [0, 0.05) is 0 Å². The molecule has 0 aliphatic carbocycles. The van der Waals surface area contributed by atoms with Crippen LogP contribution in [0.5, 0.6) is 5.75 Å². The van der Waals surface area contributed by atoms with Gasteiger partial charge < -0.3 is 9.47 Å². The molecule has 0 N–H and O–H groups in total. The summed E-state index contributed by atoms with van der Waals surface area (Å²) in [4.78, 5) is 12.3. The molecule has 0 saturated carbocycles. The van der Waals surface area contributed by atoms with Crippen molar-refractivity contribution in [3.05, 3.63) is 89.5 Å². The van der Waals surface area contributed by atoms with Crippen LogP contribution in [-0.4, -0.2) is 12.1 Å². The van der Waals surface area contributed by atoms with Crippen molar-refractivity contribution >= 4 is 5.97 Å². The smallest absolute Gasteiger partial charge is 0.338 e. The summed E-state index contributed by atoms with van der Waals surface area (Å²) in [5, 5.41) is 0. The highest BCUT2D eigenvalue weighted by molar-refractivity contribution is 5.89. The Kier molecular flexibility index (Phi) is 8.91. The molecule has 3 aromatic carbocycles. The van der Waals surface area contributed by atoms with Crippen LogP contribution in [0.4, 0.5) is 0 Å². The fourth-order valence-corrected chi connectivity index (χ4v) is 3.56. The van der Waals surface area contributed by atoms with E-state index >= 15 is 0 Å². The maximum Gasteiger partial charge on any atom is 0.338 e. The second-order valence-electron chi connectivity index (χ2n) is 8.44. The van der Waals surface area contributed by atoms with Gasteiger partial charge in [-0.15, -0.1) is 0 Å². The van der Waals surface area contributed by atoms with Gasteiger partial charge in [-0.25, -0.2) is 4.79 Å². The summed E-state index contributed by atoms with van der Waals surface area (Å²) in [6, 6.07) is 24.1. The lowest BCUT2D eigenvalue weighted by molar-refractivity contribution is 0.0319. The van der Waals surface area contributed by atoms with Crippen LogP contribution in [0.15, 0.2) is 72.8 Å². The normalized spacial score (nSPS) is 11.7. The van der Waals surface area contributed by atoms with E-state index in [1.807, 2.05) is 43.3 Å². The average molecular weight is 431 g/mol. The summed E-state index contributed by atoms with van der Waals surface area (Å²) in [6.07, 6.45) is 5.61. The number of ether oxygens (including phenoxy) is 2. The molecular weight excluding hydrogens is 396 g/mol. The molecule has 0 saturated heterocycles. The van der Waals surface area contributed by atoms with Crippen LogP contribution in [0.1, 0.15) is 67.4 Å². The quantitative estimate of drug-likeness (QED) is 0.230. The van der Waals surface area contributed by atoms with Crippen LogP contribution in [0, 0.1) is 6.92 Å². The van der Waals surface area contributed by atoms with E-state index in [1.165, 1.54) is 36.0 Å². The van der Waals surface area contributed by atoms with Crippen molar-refractivity contribution in [2.45, 2.75) is 65.6 Å². The van der Waals surface area contributed by atoms with Crippen LogP contribution >= 0.6 is 0 Å². The van der Waals surface area contributed by atoms with Gasteiger partial charge in [0.05, 0.1) is 11.7 Å². The van der Waals surface area contributed by atoms with Crippen molar-refractivity contribution in [3.8, 4) is 16.9 Å². The Morgan fingerprint density at radius 1 is 0.812 bits per heavy atom. The molecule has 168 valence electrons. The zero-order valence-electron chi connectivity index (χ0n) is 19.5. The number of unbranched alkanes of at least 4 members (excludes halogenated alkanes) is 3. The van der Waals surface area contributed by atoms with Crippen LogP contribution in [0.3, 0.4) is 0 Å². The molecule has 0 fully saturated rings. The average Bonchev–Trinajstić information content (AvgIpc) is 2.82. The number of rotatable bonds is 11. The lowest BCUT2D eigenvalue weighted by Crippen LogP contribution is -2.15. The Bertz CT molecular complexity index is 957. The first-order valence-electron chi connectivity index (χ1n) is 11.6. The molecule has 1 atom stereocenters. The number of benzene rings is 3. The molecule has 1 unspecified atom stereocenters. The van der Waals surface area contributed by atoms with Gasteiger partial charge in [-0.2, -0.15) is 0 Å². The Hall–Kier alpha value is -3.07. The van der Waals surface area contributed by atoms with Crippen molar-refractivity contribution in [2.24, 2.45) is 0 Å². The van der Waals surface area contributed by atoms with Crippen LogP contribution in [0.2, 0.25) is 0 Å². The molecule has 3 aromatic rings. The van der Waals surface area contributed by atoms with E-state index in [9.17, 15) is 4.79 Å². The molecule has 0 amide bonds. The zero-order valence-corrected chi connectivity index (χ0v) is 19.5. The summed E-state index contributed by atoms with van der Waals surface area (Å²) in [6.45, 7) is 6.70. The highest BCUT2D eigenvalue weighted by atomic mass is 16.5. The Labute approximate surface area is 192 Å². The first kappa shape index (κ1) is 23.6. The highest BCUT2D eigenvalue weighted by Gasteiger charge is 2.12. The minimum Gasteiger partial charge on any atom is -0.489 e. The summed E-state index contributed by atoms with van der Waals surface area (Å²) in [5.74, 6) is 0.563. The highest BCUT2D eigenvalue weighted by Crippen LogP contribution is 2.23. The van der Waals surface area contributed by atoms with E-state index in [4.69, 9.17) is 9.47 Å². The molecule has 32 heavy (non-hydrogen) atoms. The van der Waals surface area contributed by atoms with E-state index in [0.29, 0.717) is 12.2 Å². The maximum atomic E-state index is 12.3. The van der Waals surface area contributed by atoms with Crippen LogP contribution in [-0.2, 0) is 11.3 Å². The standard InChI is InChI=1S/C29H34O3/c1-4-5-6-7-8-23(3)32-29(30)27-15-11-24(12-16-27)21-31-28-19-17-26(18-20-28)25-13-9-22(2)10-14-25/h9-20,23H,4-8,21H2,1-3H3. The maximum absolute atomic E-state index is 12.3. The van der Waals surface area contributed by atoms with Gasteiger partial charge in [-0.3, -0.25) is 0 Å². The topological polar surface area (TPSA) is 35.5 Å². The molecule has 0 aromatic heterocycles. The number of hydrogen-bond donors (Lipinski definition) is 0. The van der Waals surface area contributed by atoms with Gasteiger partial charge in [0.2, 0.25) is 0 Å². The molecule has 0 radical (unpaired) electrons. The van der Waals surface area contributed by atoms with Crippen molar-refractivity contribution in [1.82, 2.24) is 0 Å². The van der Waals surface area contributed by atoms with E-state index in [2.05, 4.69) is 50.2 Å². The molecule has 0 aliphatic rings. The minimum atomic E-state index is -0.257. The summed E-state index contributed by atoms with van der Waals surface area (Å²) in [5.41, 5.74) is 5.21. The molecule has 0 bridgehead atoms. The van der Waals surface area contributed by atoms with Crippen molar-refractivity contribution in [1.29, 1.82) is 0 Å². The predicted molar refractivity (Wildman–Crippen MR) is 131 cm³/mol. The molecular formula is C29H34O3. The van der Waals surface area contributed by atoms with Crippen LogP contribution in [0.25, 0.3) is 11.1 Å². The zero-order chi connectivity index (χ0) is 22.8. The van der Waals surface area contributed by atoms with Gasteiger partial charge >= 0.3 is 5.97 Å². The number of carbonyl (C=O) groups is 1. The second-order valence-corrected chi connectivity index (χ2v) is 8.44. The lowest BCUT2D eigenvalue weighted by Gasteiger charge is -2.13. The Morgan fingerprint density at radius 2 is 1.44 bits per heavy atom. The Morgan fingerprint density at radius 3 is 2.06 bits per heavy atom. The number of aryl methyl sites for hydroxylation is 1. The second kappa shape index (κ2) is 12.1. The predicted octanol–water partition coefficient (Wildman–Crippen LogP) is 7.76. The summed E-state index contributed by atoms with van der Waals surface area (Å²) >= 11 is 0. The molecule has 0 spiro atoms. The first-order chi connectivity index (χ1) is 15.5. The summed E-state index contributed by atoms with van der Waals surface area (Å²) in [7, 11) is 0. The number of hydrogen-bond acceptors (Lipinski definition) is 3. The van der Waals surface area contributed by atoms with Gasteiger partial charge in [-0.1, -0.05) is 80.3 Å². The third-order valence-electron chi connectivity index (χ3n) is 5.61. The molecule has 0 aliphatic heterocycles. The minimum absolute atomic E-state index is 0.0507. The number of carbonyl (C=O) groups excluding carboxylic acids is 1. The van der Waals surface area contributed by atoms with E-state index in [0.717, 1.165) is 24.2 Å². The Balaban J connectivity index is 1.47. The fraction of sp³-hybridized carbons (Fsp3) is 0.345. The fourth-order valence-electron chi connectivity index (χ4n) is 3.56. The lowest BCUT2D eigenvalue weighted by atomic mass is 10.0. The third-order valence-corrected chi connectivity index (χ3v) is 5.61. The van der Waals surface area contributed by atoms with Gasteiger partial charge in [0.25, 0.3) is 0 Å². The molecule has 0 heterocycles. The first-order valence-corrected chi connectivity index (χ1v) is 11.6. The van der Waals surface area contributed by atoms with Gasteiger partial charge in [0.1, 0.15) is 12.4 Å². The van der Waals surface area contributed by atoms with Gasteiger partial charge in [0.15, 0.2) is 0 Å². The van der Waals surface area contributed by atoms with Crippen molar-refractivity contribution in [3.63, 3.8) is 0 Å². The van der Waals surface area contributed by atoms with Crippen molar-refractivity contribution in [2.75, 3.05) is 0 Å². The molecule has 3 heteroatoms. The van der Waals surface area contributed by atoms with E-state index in [1.54, 1.807) is 0 Å². The summed E-state index contributed by atoms with van der Waals surface area (Å²) < 4.78 is 11.5. The third kappa shape index (κ3) is 7.26. The van der Waals surface area contributed by atoms with Crippen molar-refractivity contribution < 1.29 is 14.3 Å². The largest absolute Gasteiger partial charge is 0.489 e. The van der Waals surface area contributed by atoms with Gasteiger partial charge in [-0.05, 0) is 67.6 Å².